The number of nitro benzene ring substituents is 1. The fourth-order valence-electron chi connectivity index (χ4n) is 2.42. The molecule has 114 valence electrons. The van der Waals surface area contributed by atoms with Crippen molar-refractivity contribution in [2.45, 2.75) is 24.3 Å². The number of thioether (sulfide) groups is 1. The minimum Gasteiger partial charge on any atom is -0.396 e. The molecular weight excluding hydrogens is 297 g/mol. The Hall–Kier alpha value is -1.83. The van der Waals surface area contributed by atoms with E-state index in [1.54, 1.807) is 16.7 Å². The Balaban J connectivity index is 2.38. The van der Waals surface area contributed by atoms with E-state index in [-0.39, 0.29) is 21.8 Å². The van der Waals surface area contributed by atoms with Crippen molar-refractivity contribution in [2.24, 2.45) is 0 Å². The third kappa shape index (κ3) is 3.26. The molecule has 0 radical (unpaired) electrons. The van der Waals surface area contributed by atoms with Crippen molar-refractivity contribution < 1.29 is 14.1 Å². The topological polar surface area (TPSA) is 89.5 Å². The zero-order chi connectivity index (χ0) is 15.7. The summed E-state index contributed by atoms with van der Waals surface area (Å²) >= 11 is 1.76. The van der Waals surface area contributed by atoms with Crippen LogP contribution in [0.2, 0.25) is 0 Å². The van der Waals surface area contributed by atoms with Gasteiger partial charge in [-0.15, -0.1) is 0 Å². The number of nitrogens with zero attached hydrogens (tertiary/aromatic N) is 2. The van der Waals surface area contributed by atoms with Crippen LogP contribution in [-0.2, 0) is 0 Å². The van der Waals surface area contributed by atoms with Gasteiger partial charge < -0.3 is 10.6 Å². The number of nitrogens with two attached hydrogens (primary N) is 1. The molecule has 2 atom stereocenters. The van der Waals surface area contributed by atoms with Crippen molar-refractivity contribution in [1.82, 2.24) is 4.90 Å². The predicted octanol–water partition coefficient (Wildman–Crippen LogP) is 2.28. The molecule has 21 heavy (non-hydrogen) atoms. The first-order chi connectivity index (χ1) is 9.79. The van der Waals surface area contributed by atoms with Crippen LogP contribution in [0.15, 0.2) is 12.1 Å². The van der Waals surface area contributed by atoms with Gasteiger partial charge in [0.25, 0.3) is 11.6 Å². The summed E-state index contributed by atoms with van der Waals surface area (Å²) in [6.45, 7) is 4.99. The second-order valence-corrected chi connectivity index (χ2v) is 7.00. The Labute approximate surface area is 125 Å². The molecule has 0 saturated carbocycles. The van der Waals surface area contributed by atoms with Crippen LogP contribution in [0, 0.1) is 15.9 Å². The molecule has 1 aliphatic rings. The number of nitrogen functional groups attached to an aromatic ring is 1. The number of halogens is 1. The standard InChI is InChI=1S/C13H16FN3O3S/c1-7-5-16(6-8(2)21-7)13(18)9-3-11(15)10(14)4-12(9)17(19)20/h3-4,7-8H,5-6,15H2,1-2H3. The van der Waals surface area contributed by atoms with Gasteiger partial charge in [0, 0.05) is 23.6 Å². The number of anilines is 1. The molecule has 1 aromatic carbocycles. The third-order valence-corrected chi connectivity index (χ3v) is 4.48. The molecule has 0 spiro atoms. The second kappa shape index (κ2) is 5.88. The number of nitro groups is 1. The fourth-order valence-corrected chi connectivity index (χ4v) is 3.74. The molecule has 1 aromatic rings. The van der Waals surface area contributed by atoms with Crippen LogP contribution in [0.25, 0.3) is 0 Å². The van der Waals surface area contributed by atoms with E-state index in [2.05, 4.69) is 0 Å². The van der Waals surface area contributed by atoms with Gasteiger partial charge in [-0.1, -0.05) is 13.8 Å². The third-order valence-electron chi connectivity index (χ3n) is 3.25. The van der Waals surface area contributed by atoms with Gasteiger partial charge in [0.05, 0.1) is 16.7 Å². The number of rotatable bonds is 2. The smallest absolute Gasteiger partial charge is 0.285 e. The van der Waals surface area contributed by atoms with Gasteiger partial charge in [-0.2, -0.15) is 11.8 Å². The summed E-state index contributed by atoms with van der Waals surface area (Å²) in [5.41, 5.74) is 4.46. The number of hydrogen-bond acceptors (Lipinski definition) is 5. The minimum atomic E-state index is -0.894. The Bertz CT molecular complexity index is 586. The highest BCUT2D eigenvalue weighted by Gasteiger charge is 2.31. The lowest BCUT2D eigenvalue weighted by Crippen LogP contribution is -2.44. The monoisotopic (exact) mass is 313 g/mol. The lowest BCUT2D eigenvalue weighted by atomic mass is 10.1. The molecular formula is C13H16FN3O3S. The first-order valence-corrected chi connectivity index (χ1v) is 7.42. The van der Waals surface area contributed by atoms with Crippen LogP contribution in [0.5, 0.6) is 0 Å². The van der Waals surface area contributed by atoms with Crippen molar-refractivity contribution in [3.8, 4) is 0 Å². The minimum absolute atomic E-state index is 0.162. The molecule has 6 nitrogen and oxygen atoms in total. The molecule has 1 aliphatic heterocycles. The van der Waals surface area contributed by atoms with Gasteiger partial charge in [-0.25, -0.2) is 4.39 Å². The van der Waals surface area contributed by atoms with E-state index >= 15 is 0 Å². The molecule has 2 N–H and O–H groups in total. The van der Waals surface area contributed by atoms with Crippen LogP contribution < -0.4 is 5.73 Å². The van der Waals surface area contributed by atoms with Gasteiger partial charge in [-0.3, -0.25) is 14.9 Å². The normalized spacial score (nSPS) is 22.1. The fraction of sp³-hybridized carbons (Fsp3) is 0.462. The Kier molecular flexibility index (Phi) is 4.36. The average molecular weight is 313 g/mol. The summed E-state index contributed by atoms with van der Waals surface area (Å²) in [5.74, 6) is -1.37. The molecule has 1 fully saturated rings. The molecule has 2 unspecified atom stereocenters. The predicted molar refractivity (Wildman–Crippen MR) is 79.9 cm³/mol. The van der Waals surface area contributed by atoms with Crippen molar-refractivity contribution in [3.63, 3.8) is 0 Å². The van der Waals surface area contributed by atoms with E-state index in [9.17, 15) is 19.3 Å². The van der Waals surface area contributed by atoms with Gasteiger partial charge in [0.2, 0.25) is 0 Å². The maximum absolute atomic E-state index is 13.4. The summed E-state index contributed by atoms with van der Waals surface area (Å²) in [6, 6.07) is 1.75. The lowest BCUT2D eigenvalue weighted by Gasteiger charge is -2.34. The zero-order valence-corrected chi connectivity index (χ0v) is 12.5. The number of hydrogen-bond donors (Lipinski definition) is 1. The highest BCUT2D eigenvalue weighted by molar-refractivity contribution is 8.00. The quantitative estimate of drug-likeness (QED) is 0.514. The van der Waals surface area contributed by atoms with E-state index in [0.717, 1.165) is 6.07 Å². The number of amides is 1. The maximum atomic E-state index is 13.4. The molecule has 0 aliphatic carbocycles. The van der Waals surface area contributed by atoms with Crippen molar-refractivity contribution in [1.29, 1.82) is 0 Å². The Morgan fingerprint density at radius 1 is 1.43 bits per heavy atom. The molecule has 2 rings (SSSR count). The van der Waals surface area contributed by atoms with E-state index in [1.165, 1.54) is 0 Å². The van der Waals surface area contributed by atoms with Crippen molar-refractivity contribution in [2.75, 3.05) is 18.8 Å². The SMILES string of the molecule is CC1CN(C(=O)c2cc(N)c(F)cc2[N+](=O)[O-])CC(C)S1. The molecule has 1 amide bonds. The van der Waals surface area contributed by atoms with Crippen molar-refractivity contribution in [3.05, 3.63) is 33.6 Å². The van der Waals surface area contributed by atoms with Crippen LogP contribution in [-0.4, -0.2) is 39.3 Å². The van der Waals surface area contributed by atoms with Crippen LogP contribution in [0.3, 0.4) is 0 Å². The number of benzene rings is 1. The summed E-state index contributed by atoms with van der Waals surface area (Å²) in [4.78, 5) is 24.3. The largest absolute Gasteiger partial charge is 0.396 e. The molecule has 0 bridgehead atoms. The van der Waals surface area contributed by atoms with E-state index in [0.29, 0.717) is 19.2 Å². The number of carbonyl (C=O) groups excluding carboxylic acids is 1. The van der Waals surface area contributed by atoms with Crippen LogP contribution in [0.4, 0.5) is 15.8 Å². The molecule has 0 aromatic heterocycles. The van der Waals surface area contributed by atoms with Crippen LogP contribution >= 0.6 is 11.8 Å². The Morgan fingerprint density at radius 3 is 2.52 bits per heavy atom. The van der Waals surface area contributed by atoms with Crippen molar-refractivity contribution >= 4 is 29.0 Å². The van der Waals surface area contributed by atoms with E-state index in [1.807, 2.05) is 13.8 Å². The number of carbonyl (C=O) groups is 1. The highest BCUT2D eigenvalue weighted by Crippen LogP contribution is 2.29. The lowest BCUT2D eigenvalue weighted by molar-refractivity contribution is -0.385. The summed E-state index contributed by atoms with van der Waals surface area (Å²) in [7, 11) is 0. The highest BCUT2D eigenvalue weighted by atomic mass is 32.2. The first kappa shape index (κ1) is 15.6. The second-order valence-electron chi connectivity index (χ2n) is 5.12. The van der Waals surface area contributed by atoms with Gasteiger partial charge in [0.15, 0.2) is 5.82 Å². The summed E-state index contributed by atoms with van der Waals surface area (Å²) in [5, 5.41) is 11.5. The van der Waals surface area contributed by atoms with Gasteiger partial charge in [0.1, 0.15) is 5.56 Å². The molecule has 1 heterocycles. The molecule has 1 saturated heterocycles. The van der Waals surface area contributed by atoms with Gasteiger partial charge >= 0.3 is 0 Å². The van der Waals surface area contributed by atoms with E-state index < -0.39 is 22.3 Å². The zero-order valence-electron chi connectivity index (χ0n) is 11.7. The van der Waals surface area contributed by atoms with Crippen LogP contribution in [0.1, 0.15) is 24.2 Å². The van der Waals surface area contributed by atoms with E-state index in [4.69, 9.17) is 5.73 Å². The maximum Gasteiger partial charge on any atom is 0.285 e. The first-order valence-electron chi connectivity index (χ1n) is 6.47. The Morgan fingerprint density at radius 2 is 2.00 bits per heavy atom. The van der Waals surface area contributed by atoms with Gasteiger partial charge in [-0.05, 0) is 6.07 Å². The summed E-state index contributed by atoms with van der Waals surface area (Å²) < 4.78 is 13.4. The summed E-state index contributed by atoms with van der Waals surface area (Å²) in [6.07, 6.45) is 0. The average Bonchev–Trinajstić information content (AvgIpc) is 2.39. The molecule has 8 heteroatoms.